The number of anilines is 1. The van der Waals surface area contributed by atoms with Gasteiger partial charge in [-0.15, -0.1) is 0 Å². The molecule has 1 heterocycles. The number of aliphatic hydroxyl groups is 1. The summed E-state index contributed by atoms with van der Waals surface area (Å²) in [6.07, 6.45) is -6.80. The summed E-state index contributed by atoms with van der Waals surface area (Å²) in [5.74, 6) is 0. The first-order valence-electron chi connectivity index (χ1n) is 7.58. The second kappa shape index (κ2) is 7.30. The van der Waals surface area contributed by atoms with Crippen LogP contribution < -0.4 is 15.1 Å². The number of quaternary nitrogens is 2. The van der Waals surface area contributed by atoms with Crippen molar-refractivity contribution < 1.29 is 28.5 Å². The Morgan fingerprint density at radius 1 is 1.23 bits per heavy atom. The standard InChI is InChI=1S/C15H22F3N3O/c1-20-6-8-21(9-7-20)13-4-2-12(3-5-13)10-19-11-14(22)15(16,17)18/h2-5,14,19,22H,6-11H2,1H3/p+2/t14-/m0/s1. The molecule has 1 atom stereocenters. The predicted molar refractivity (Wildman–Crippen MR) is 77.8 cm³/mol. The van der Waals surface area contributed by atoms with Crippen LogP contribution >= 0.6 is 0 Å². The summed E-state index contributed by atoms with van der Waals surface area (Å²) in [6.45, 7) is 4.34. The Morgan fingerprint density at radius 2 is 1.82 bits per heavy atom. The van der Waals surface area contributed by atoms with Crippen molar-refractivity contribution in [1.82, 2.24) is 0 Å². The van der Waals surface area contributed by atoms with E-state index in [1.165, 1.54) is 10.2 Å². The zero-order valence-electron chi connectivity index (χ0n) is 12.7. The van der Waals surface area contributed by atoms with Gasteiger partial charge in [0, 0.05) is 11.3 Å². The molecular weight excluding hydrogens is 295 g/mol. The molecule has 0 saturated carbocycles. The fourth-order valence-corrected chi connectivity index (χ4v) is 2.53. The number of nitrogens with two attached hydrogens (primary N) is 1. The van der Waals surface area contributed by atoms with Gasteiger partial charge in [0.25, 0.3) is 0 Å². The third-order valence-electron chi connectivity index (χ3n) is 4.07. The number of likely N-dealkylation sites (N-methyl/N-ethyl adjacent to an activating group) is 1. The van der Waals surface area contributed by atoms with Crippen LogP contribution in [0.3, 0.4) is 0 Å². The Balaban J connectivity index is 1.80. The maximum atomic E-state index is 12.2. The lowest BCUT2D eigenvalue weighted by atomic mass is 10.1. The van der Waals surface area contributed by atoms with E-state index in [9.17, 15) is 13.2 Å². The fraction of sp³-hybridized carbons (Fsp3) is 0.600. The lowest BCUT2D eigenvalue weighted by Crippen LogP contribution is -3.12. The molecule has 0 aromatic heterocycles. The summed E-state index contributed by atoms with van der Waals surface area (Å²) >= 11 is 0. The minimum Gasteiger partial charge on any atom is -0.379 e. The average Bonchev–Trinajstić information content (AvgIpc) is 2.48. The molecule has 1 fully saturated rings. The van der Waals surface area contributed by atoms with Gasteiger partial charge in [0.2, 0.25) is 0 Å². The number of nitrogens with one attached hydrogen (secondary N) is 1. The summed E-state index contributed by atoms with van der Waals surface area (Å²) < 4.78 is 36.6. The van der Waals surface area contributed by atoms with Crippen molar-refractivity contribution in [3.63, 3.8) is 0 Å². The Bertz CT molecular complexity index is 456. The van der Waals surface area contributed by atoms with Crippen LogP contribution in [0.25, 0.3) is 0 Å². The number of hydrogen-bond donors (Lipinski definition) is 3. The van der Waals surface area contributed by atoms with Gasteiger partial charge in [0.15, 0.2) is 6.10 Å². The second-order valence-electron chi connectivity index (χ2n) is 5.90. The van der Waals surface area contributed by atoms with Crippen LogP contribution in [-0.2, 0) is 6.54 Å². The molecule has 7 heteroatoms. The number of aliphatic hydroxyl groups excluding tert-OH is 1. The van der Waals surface area contributed by atoms with E-state index >= 15 is 0 Å². The second-order valence-corrected chi connectivity index (χ2v) is 5.90. The minimum absolute atomic E-state index is 0.369. The normalized spacial score (nSPS) is 18.5. The monoisotopic (exact) mass is 319 g/mol. The smallest absolute Gasteiger partial charge is 0.379 e. The Hall–Kier alpha value is -1.31. The number of alkyl halides is 3. The number of piperazine rings is 1. The van der Waals surface area contributed by atoms with Crippen molar-refractivity contribution in [3.05, 3.63) is 29.8 Å². The van der Waals surface area contributed by atoms with Gasteiger partial charge in [-0.3, -0.25) is 0 Å². The molecule has 0 amide bonds. The van der Waals surface area contributed by atoms with Gasteiger partial charge in [0.1, 0.15) is 13.1 Å². The first-order valence-corrected chi connectivity index (χ1v) is 7.58. The third-order valence-corrected chi connectivity index (χ3v) is 4.07. The highest BCUT2D eigenvalue weighted by atomic mass is 19.4. The quantitative estimate of drug-likeness (QED) is 0.652. The molecule has 1 aliphatic heterocycles. The highest BCUT2D eigenvalue weighted by Crippen LogP contribution is 2.18. The van der Waals surface area contributed by atoms with E-state index in [0.717, 1.165) is 37.4 Å². The van der Waals surface area contributed by atoms with Crippen molar-refractivity contribution >= 4 is 5.69 Å². The van der Waals surface area contributed by atoms with E-state index in [4.69, 9.17) is 5.11 Å². The number of halogens is 3. The Morgan fingerprint density at radius 3 is 2.36 bits per heavy atom. The maximum Gasteiger partial charge on any atom is 0.419 e. The molecule has 1 aliphatic rings. The SMILES string of the molecule is C[NH+]1CCN(c2ccc(C[NH2+]C[C@H](O)C(F)(F)F)cc2)CC1. The molecule has 2 rings (SSSR count). The molecule has 0 unspecified atom stereocenters. The average molecular weight is 319 g/mol. The van der Waals surface area contributed by atoms with Crippen molar-refractivity contribution in [3.8, 4) is 0 Å². The summed E-state index contributed by atoms with van der Waals surface area (Å²) in [5.41, 5.74) is 2.12. The van der Waals surface area contributed by atoms with E-state index in [0.29, 0.717) is 6.54 Å². The molecular formula is C15H24F3N3O+2. The molecule has 0 spiro atoms. The lowest BCUT2D eigenvalue weighted by molar-refractivity contribution is -0.880. The largest absolute Gasteiger partial charge is 0.419 e. The summed E-state index contributed by atoms with van der Waals surface area (Å²) in [6, 6.07) is 7.92. The molecule has 0 bridgehead atoms. The summed E-state index contributed by atoms with van der Waals surface area (Å²) in [5, 5.41) is 10.4. The minimum atomic E-state index is -4.54. The van der Waals surface area contributed by atoms with Crippen LogP contribution in [0.4, 0.5) is 18.9 Å². The topological polar surface area (TPSA) is 44.5 Å². The molecule has 4 N–H and O–H groups in total. The Kier molecular flexibility index (Phi) is 5.66. The van der Waals surface area contributed by atoms with E-state index in [2.05, 4.69) is 11.9 Å². The third kappa shape index (κ3) is 4.86. The highest BCUT2D eigenvalue weighted by Gasteiger charge is 2.39. The van der Waals surface area contributed by atoms with Crippen LogP contribution in [0.1, 0.15) is 5.56 Å². The summed E-state index contributed by atoms with van der Waals surface area (Å²) in [7, 11) is 2.19. The molecule has 22 heavy (non-hydrogen) atoms. The van der Waals surface area contributed by atoms with Gasteiger partial charge in [-0.2, -0.15) is 13.2 Å². The van der Waals surface area contributed by atoms with Crippen LogP contribution in [0.5, 0.6) is 0 Å². The lowest BCUT2D eigenvalue weighted by Gasteiger charge is -2.31. The Labute approximate surface area is 128 Å². The number of hydrogen-bond acceptors (Lipinski definition) is 2. The van der Waals surface area contributed by atoms with Gasteiger partial charge < -0.3 is 20.2 Å². The maximum absolute atomic E-state index is 12.2. The van der Waals surface area contributed by atoms with Crippen molar-refractivity contribution in [2.24, 2.45) is 0 Å². The number of nitrogens with zero attached hydrogens (tertiary/aromatic N) is 1. The van der Waals surface area contributed by atoms with Crippen molar-refractivity contribution in [2.75, 3.05) is 44.7 Å². The van der Waals surface area contributed by atoms with Crippen LogP contribution in [0, 0.1) is 0 Å². The first kappa shape index (κ1) is 17.1. The molecule has 0 radical (unpaired) electrons. The van der Waals surface area contributed by atoms with Crippen LogP contribution in [0.15, 0.2) is 24.3 Å². The van der Waals surface area contributed by atoms with Gasteiger partial charge in [-0.05, 0) is 12.1 Å². The fourth-order valence-electron chi connectivity index (χ4n) is 2.53. The zero-order chi connectivity index (χ0) is 16.2. The van der Waals surface area contributed by atoms with Gasteiger partial charge >= 0.3 is 6.18 Å². The molecule has 1 aromatic rings. The van der Waals surface area contributed by atoms with E-state index < -0.39 is 12.3 Å². The van der Waals surface area contributed by atoms with E-state index in [-0.39, 0.29) is 6.54 Å². The number of rotatable bonds is 5. The number of benzene rings is 1. The molecule has 1 aromatic carbocycles. The highest BCUT2D eigenvalue weighted by molar-refractivity contribution is 5.47. The van der Waals surface area contributed by atoms with Crippen molar-refractivity contribution in [1.29, 1.82) is 0 Å². The van der Waals surface area contributed by atoms with E-state index in [1.54, 1.807) is 0 Å². The molecule has 124 valence electrons. The van der Waals surface area contributed by atoms with Crippen LogP contribution in [0.2, 0.25) is 0 Å². The van der Waals surface area contributed by atoms with Gasteiger partial charge in [-0.1, -0.05) is 12.1 Å². The van der Waals surface area contributed by atoms with Gasteiger partial charge in [0.05, 0.1) is 33.2 Å². The zero-order valence-corrected chi connectivity index (χ0v) is 12.7. The predicted octanol–water partition coefficient (Wildman–Crippen LogP) is -0.992. The summed E-state index contributed by atoms with van der Waals surface area (Å²) in [4.78, 5) is 3.86. The van der Waals surface area contributed by atoms with E-state index in [1.807, 2.05) is 24.3 Å². The first-order chi connectivity index (χ1) is 10.4. The molecule has 4 nitrogen and oxygen atoms in total. The van der Waals surface area contributed by atoms with Crippen LogP contribution in [-0.4, -0.2) is 57.2 Å². The molecule has 0 aliphatic carbocycles. The van der Waals surface area contributed by atoms with Crippen molar-refractivity contribution in [2.45, 2.75) is 18.8 Å². The molecule has 1 saturated heterocycles. The van der Waals surface area contributed by atoms with Gasteiger partial charge in [-0.25, -0.2) is 0 Å².